The van der Waals surface area contributed by atoms with Crippen molar-refractivity contribution < 1.29 is 4.42 Å². The van der Waals surface area contributed by atoms with E-state index in [9.17, 15) is 0 Å². The normalized spacial score (nSPS) is 20.7. The van der Waals surface area contributed by atoms with Gasteiger partial charge in [0.2, 0.25) is 11.8 Å². The first-order valence-corrected chi connectivity index (χ1v) is 8.66. The van der Waals surface area contributed by atoms with Crippen LogP contribution >= 0.6 is 11.8 Å². The molecule has 110 valence electrons. The summed E-state index contributed by atoms with van der Waals surface area (Å²) in [5.41, 5.74) is 1.33. The maximum atomic E-state index is 5.88. The fourth-order valence-corrected chi connectivity index (χ4v) is 3.93. The molecule has 4 nitrogen and oxygen atoms in total. The van der Waals surface area contributed by atoms with Gasteiger partial charge in [-0.25, -0.2) is 0 Å². The molecular formula is C16H19N3OS. The lowest BCUT2D eigenvalue weighted by molar-refractivity contribution is 0.433. The van der Waals surface area contributed by atoms with Crippen molar-refractivity contribution in [3.63, 3.8) is 0 Å². The summed E-state index contributed by atoms with van der Waals surface area (Å²) in [6, 6.07) is 9.28. The Bertz CT molecular complexity index is 623. The Morgan fingerprint density at radius 1 is 1.24 bits per heavy atom. The second kappa shape index (κ2) is 5.81. The fraction of sp³-hybridized carbons (Fsp3) is 0.500. The second-order valence-corrected chi connectivity index (χ2v) is 6.83. The van der Waals surface area contributed by atoms with Crippen LogP contribution in [0.25, 0.3) is 0 Å². The van der Waals surface area contributed by atoms with Crippen molar-refractivity contribution in [1.29, 1.82) is 0 Å². The molecule has 0 spiro atoms. The number of hydrogen-bond acceptors (Lipinski definition) is 5. The lowest BCUT2D eigenvalue weighted by Gasteiger charge is -2.04. The predicted molar refractivity (Wildman–Crippen MR) is 82.7 cm³/mol. The third-order valence-electron chi connectivity index (χ3n) is 4.06. The smallest absolute Gasteiger partial charge is 0.224 e. The van der Waals surface area contributed by atoms with Crippen LogP contribution in [-0.2, 0) is 6.42 Å². The van der Waals surface area contributed by atoms with E-state index in [1.54, 1.807) is 0 Å². The summed E-state index contributed by atoms with van der Waals surface area (Å²) in [5.74, 6) is 2.82. The number of hydrogen-bond donors (Lipinski definition) is 1. The minimum absolute atomic E-state index is 0.261. The molecule has 0 saturated heterocycles. The zero-order valence-corrected chi connectivity index (χ0v) is 12.7. The zero-order chi connectivity index (χ0) is 14.1. The van der Waals surface area contributed by atoms with E-state index in [1.165, 1.54) is 23.3 Å². The van der Waals surface area contributed by atoms with E-state index in [1.807, 2.05) is 11.8 Å². The molecule has 2 aromatic rings. The molecule has 0 amide bonds. The summed E-state index contributed by atoms with van der Waals surface area (Å²) in [5, 5.41) is 12.0. The minimum atomic E-state index is 0.261. The average molecular weight is 301 g/mol. The molecule has 1 N–H and O–H groups in total. The molecule has 1 fully saturated rings. The van der Waals surface area contributed by atoms with Crippen molar-refractivity contribution in [2.24, 2.45) is 0 Å². The maximum Gasteiger partial charge on any atom is 0.224 e. The van der Waals surface area contributed by atoms with Crippen LogP contribution in [0.3, 0.4) is 0 Å². The number of rotatable bonds is 6. The molecule has 1 aliphatic heterocycles. The Morgan fingerprint density at radius 2 is 2.14 bits per heavy atom. The highest BCUT2D eigenvalue weighted by Crippen LogP contribution is 2.42. The second-order valence-electron chi connectivity index (χ2n) is 5.77. The van der Waals surface area contributed by atoms with Crippen LogP contribution in [0.5, 0.6) is 0 Å². The SMILES string of the molecule is c1ccc2c(c1)SCC2c1nnc(CCCNC2CC2)o1. The van der Waals surface area contributed by atoms with Crippen molar-refractivity contribution in [2.75, 3.05) is 12.3 Å². The van der Waals surface area contributed by atoms with Gasteiger partial charge in [0.1, 0.15) is 0 Å². The van der Waals surface area contributed by atoms with E-state index in [0.29, 0.717) is 0 Å². The Kier molecular flexibility index (Phi) is 3.69. The first kappa shape index (κ1) is 13.3. The monoisotopic (exact) mass is 301 g/mol. The molecule has 4 rings (SSSR count). The average Bonchev–Trinajstić information content (AvgIpc) is 3.06. The van der Waals surface area contributed by atoms with Crippen LogP contribution in [0.15, 0.2) is 33.6 Å². The van der Waals surface area contributed by atoms with Gasteiger partial charge in [0, 0.05) is 23.1 Å². The standard InChI is InChI=1S/C16H19N3OS/c1-2-5-14-12(4-1)13(10-21-14)16-19-18-15(20-16)6-3-9-17-11-7-8-11/h1-2,4-5,11,13,17H,3,6-10H2. The molecule has 5 heteroatoms. The Labute approximate surface area is 128 Å². The molecule has 1 saturated carbocycles. The van der Waals surface area contributed by atoms with Gasteiger partial charge in [-0.1, -0.05) is 18.2 Å². The highest BCUT2D eigenvalue weighted by molar-refractivity contribution is 7.99. The van der Waals surface area contributed by atoms with Crippen LogP contribution in [0.4, 0.5) is 0 Å². The molecule has 1 aromatic carbocycles. The molecule has 2 aliphatic rings. The van der Waals surface area contributed by atoms with E-state index < -0.39 is 0 Å². The highest BCUT2D eigenvalue weighted by Gasteiger charge is 2.28. The Balaban J connectivity index is 1.38. The lowest BCUT2D eigenvalue weighted by atomic mass is 10.0. The summed E-state index contributed by atoms with van der Waals surface area (Å²) in [7, 11) is 0. The van der Waals surface area contributed by atoms with Crippen LogP contribution < -0.4 is 5.32 Å². The summed E-state index contributed by atoms with van der Waals surface area (Å²) >= 11 is 1.87. The van der Waals surface area contributed by atoms with E-state index in [0.717, 1.165) is 43.0 Å². The molecule has 0 radical (unpaired) electrons. The molecule has 1 atom stereocenters. The van der Waals surface area contributed by atoms with Crippen LogP contribution in [0.1, 0.15) is 42.5 Å². The molecule has 1 aromatic heterocycles. The summed E-state index contributed by atoms with van der Waals surface area (Å²) in [4.78, 5) is 1.34. The number of aryl methyl sites for hydroxylation is 1. The zero-order valence-electron chi connectivity index (χ0n) is 11.9. The van der Waals surface area contributed by atoms with E-state index in [-0.39, 0.29) is 5.92 Å². The molecule has 21 heavy (non-hydrogen) atoms. The maximum absolute atomic E-state index is 5.88. The van der Waals surface area contributed by atoms with Gasteiger partial charge in [0.25, 0.3) is 0 Å². The van der Waals surface area contributed by atoms with E-state index in [2.05, 4.69) is 39.8 Å². The summed E-state index contributed by atoms with van der Waals surface area (Å²) in [6.07, 6.45) is 4.61. The first-order chi connectivity index (χ1) is 10.4. The van der Waals surface area contributed by atoms with Gasteiger partial charge in [0.05, 0.1) is 5.92 Å². The van der Waals surface area contributed by atoms with Crippen molar-refractivity contribution in [3.8, 4) is 0 Å². The molecular weight excluding hydrogens is 282 g/mol. The van der Waals surface area contributed by atoms with Gasteiger partial charge < -0.3 is 9.73 Å². The van der Waals surface area contributed by atoms with Crippen molar-refractivity contribution in [1.82, 2.24) is 15.5 Å². The van der Waals surface area contributed by atoms with Gasteiger partial charge >= 0.3 is 0 Å². The fourth-order valence-electron chi connectivity index (χ4n) is 2.71. The number of benzene rings is 1. The Morgan fingerprint density at radius 3 is 3.05 bits per heavy atom. The van der Waals surface area contributed by atoms with Gasteiger partial charge in [-0.3, -0.25) is 0 Å². The number of thioether (sulfide) groups is 1. The number of nitrogens with one attached hydrogen (secondary N) is 1. The Hall–Kier alpha value is -1.33. The van der Waals surface area contributed by atoms with Gasteiger partial charge in [0.15, 0.2) is 0 Å². The van der Waals surface area contributed by atoms with E-state index in [4.69, 9.17) is 4.42 Å². The first-order valence-electron chi connectivity index (χ1n) is 7.67. The third kappa shape index (κ3) is 2.99. The van der Waals surface area contributed by atoms with Crippen molar-refractivity contribution in [2.45, 2.75) is 42.5 Å². The van der Waals surface area contributed by atoms with Crippen molar-refractivity contribution in [3.05, 3.63) is 41.6 Å². The highest BCUT2D eigenvalue weighted by atomic mass is 32.2. The van der Waals surface area contributed by atoms with Crippen LogP contribution in [0, 0.1) is 0 Å². The van der Waals surface area contributed by atoms with E-state index >= 15 is 0 Å². The quantitative estimate of drug-likeness (QED) is 0.831. The van der Waals surface area contributed by atoms with Crippen molar-refractivity contribution >= 4 is 11.8 Å². The van der Waals surface area contributed by atoms with Crippen LogP contribution in [0.2, 0.25) is 0 Å². The third-order valence-corrected chi connectivity index (χ3v) is 5.24. The van der Waals surface area contributed by atoms with Gasteiger partial charge in [-0.05, 0) is 37.4 Å². The number of fused-ring (bicyclic) bond motifs is 1. The largest absolute Gasteiger partial charge is 0.425 e. The minimum Gasteiger partial charge on any atom is -0.425 e. The van der Waals surface area contributed by atoms with Gasteiger partial charge in [-0.15, -0.1) is 22.0 Å². The summed E-state index contributed by atoms with van der Waals surface area (Å²) < 4.78 is 5.88. The lowest BCUT2D eigenvalue weighted by Crippen LogP contribution is -2.17. The number of aromatic nitrogens is 2. The molecule has 1 unspecified atom stereocenters. The van der Waals surface area contributed by atoms with Crippen LogP contribution in [-0.4, -0.2) is 28.5 Å². The topological polar surface area (TPSA) is 51.0 Å². The predicted octanol–water partition coefficient (Wildman–Crippen LogP) is 2.99. The number of nitrogens with zero attached hydrogens (tertiary/aromatic N) is 2. The molecule has 1 aliphatic carbocycles. The molecule has 2 heterocycles. The summed E-state index contributed by atoms with van der Waals surface area (Å²) in [6.45, 7) is 1.05. The molecule has 0 bridgehead atoms. The van der Waals surface area contributed by atoms with Gasteiger partial charge in [-0.2, -0.15) is 0 Å².